The molecule has 0 aliphatic heterocycles. The molecule has 1 unspecified atom stereocenters. The quantitative estimate of drug-likeness (QED) is 0.688. The highest BCUT2D eigenvalue weighted by Gasteiger charge is 2.16. The molecule has 6 heteroatoms. The average molecular weight is 347 g/mol. The second-order valence-corrected chi connectivity index (χ2v) is 5.44. The number of hydroxylamine groups is 1. The van der Waals surface area contributed by atoms with Crippen molar-refractivity contribution in [3.8, 4) is 17.2 Å². The third-order valence-electron chi connectivity index (χ3n) is 3.40. The smallest absolute Gasteiger partial charge is 0.328 e. The molecule has 0 amide bonds. The van der Waals surface area contributed by atoms with Gasteiger partial charge in [0.05, 0.1) is 6.42 Å². The molecule has 0 saturated carbocycles. The van der Waals surface area contributed by atoms with E-state index in [1.54, 1.807) is 36.4 Å². The van der Waals surface area contributed by atoms with Gasteiger partial charge in [-0.1, -0.05) is 13.3 Å². The Bertz CT molecular complexity index is 658. The van der Waals surface area contributed by atoms with Crippen LogP contribution >= 0.6 is 0 Å². The van der Waals surface area contributed by atoms with Crippen LogP contribution in [0.4, 0.5) is 4.39 Å². The van der Waals surface area contributed by atoms with Gasteiger partial charge in [-0.15, -0.1) is 0 Å². The standard InChI is InChI=1S/C19H22FNO4/c1-3-4-18(13-19(22)25-21-2)24-17-11-9-16(10-12-17)23-15-7-5-14(20)6-8-15/h5-12,18,21H,3-4,13H2,1-2H3. The second-order valence-electron chi connectivity index (χ2n) is 5.44. The van der Waals surface area contributed by atoms with Gasteiger partial charge in [-0.25, -0.2) is 4.39 Å². The first kappa shape index (κ1) is 18.7. The largest absolute Gasteiger partial charge is 0.490 e. The van der Waals surface area contributed by atoms with Gasteiger partial charge in [0.25, 0.3) is 0 Å². The molecule has 2 aromatic rings. The van der Waals surface area contributed by atoms with Crippen LogP contribution in [0.15, 0.2) is 48.5 Å². The van der Waals surface area contributed by atoms with Crippen LogP contribution in [0.5, 0.6) is 17.2 Å². The molecule has 2 rings (SSSR count). The van der Waals surface area contributed by atoms with Gasteiger partial charge >= 0.3 is 5.97 Å². The Kier molecular flexibility index (Phi) is 7.22. The first-order chi connectivity index (χ1) is 12.1. The fourth-order valence-electron chi connectivity index (χ4n) is 2.28. The first-order valence-corrected chi connectivity index (χ1v) is 8.17. The highest BCUT2D eigenvalue weighted by molar-refractivity contribution is 5.69. The van der Waals surface area contributed by atoms with Gasteiger partial charge in [-0.2, -0.15) is 5.48 Å². The number of ether oxygens (including phenoxy) is 2. The van der Waals surface area contributed by atoms with E-state index in [0.29, 0.717) is 17.2 Å². The third kappa shape index (κ3) is 6.43. The molecule has 0 heterocycles. The Morgan fingerprint density at radius 1 is 1.04 bits per heavy atom. The Morgan fingerprint density at radius 3 is 2.16 bits per heavy atom. The fourth-order valence-corrected chi connectivity index (χ4v) is 2.28. The van der Waals surface area contributed by atoms with Crippen molar-refractivity contribution in [1.82, 2.24) is 5.48 Å². The summed E-state index contributed by atoms with van der Waals surface area (Å²) in [5.74, 6) is 1.13. The predicted molar refractivity (Wildman–Crippen MR) is 92.0 cm³/mol. The fraction of sp³-hybridized carbons (Fsp3) is 0.316. The molecule has 5 nitrogen and oxygen atoms in total. The van der Waals surface area contributed by atoms with E-state index in [1.165, 1.54) is 19.2 Å². The molecule has 0 aliphatic carbocycles. The molecule has 0 radical (unpaired) electrons. The van der Waals surface area contributed by atoms with Gasteiger partial charge in [-0.3, -0.25) is 4.79 Å². The van der Waals surface area contributed by atoms with Crippen molar-refractivity contribution >= 4 is 5.97 Å². The summed E-state index contributed by atoms with van der Waals surface area (Å²) < 4.78 is 24.4. The van der Waals surface area contributed by atoms with E-state index in [-0.39, 0.29) is 24.3 Å². The van der Waals surface area contributed by atoms with Crippen LogP contribution in [-0.4, -0.2) is 19.1 Å². The Morgan fingerprint density at radius 2 is 1.60 bits per heavy atom. The topological polar surface area (TPSA) is 56.8 Å². The lowest BCUT2D eigenvalue weighted by Crippen LogP contribution is -2.25. The van der Waals surface area contributed by atoms with Gasteiger partial charge in [0, 0.05) is 7.05 Å². The van der Waals surface area contributed by atoms with Gasteiger partial charge in [0.1, 0.15) is 29.2 Å². The van der Waals surface area contributed by atoms with E-state index in [4.69, 9.17) is 14.3 Å². The van der Waals surface area contributed by atoms with Crippen LogP contribution in [-0.2, 0) is 9.63 Å². The number of carbonyl (C=O) groups excluding carboxylic acids is 1. The van der Waals surface area contributed by atoms with Crippen LogP contribution < -0.4 is 15.0 Å². The molecule has 25 heavy (non-hydrogen) atoms. The summed E-state index contributed by atoms with van der Waals surface area (Å²) in [7, 11) is 1.54. The number of halogens is 1. The van der Waals surface area contributed by atoms with E-state index in [0.717, 1.165) is 12.8 Å². The minimum Gasteiger partial charge on any atom is -0.490 e. The van der Waals surface area contributed by atoms with Crippen LogP contribution in [0.3, 0.4) is 0 Å². The lowest BCUT2D eigenvalue weighted by Gasteiger charge is -2.18. The number of hydrogen-bond acceptors (Lipinski definition) is 5. The van der Waals surface area contributed by atoms with E-state index < -0.39 is 0 Å². The third-order valence-corrected chi connectivity index (χ3v) is 3.40. The maximum atomic E-state index is 12.9. The second kappa shape index (κ2) is 9.64. The van der Waals surface area contributed by atoms with Crippen LogP contribution in [0.25, 0.3) is 0 Å². The maximum Gasteiger partial charge on any atom is 0.328 e. The molecule has 2 aromatic carbocycles. The van der Waals surface area contributed by atoms with Gasteiger partial charge in [0.15, 0.2) is 0 Å². The van der Waals surface area contributed by atoms with E-state index >= 15 is 0 Å². The SMILES string of the molecule is CCCC(CC(=O)ONC)Oc1ccc(Oc2ccc(F)cc2)cc1. The molecule has 0 aliphatic rings. The van der Waals surface area contributed by atoms with Crippen LogP contribution in [0.2, 0.25) is 0 Å². The highest BCUT2D eigenvalue weighted by atomic mass is 19.1. The zero-order valence-corrected chi connectivity index (χ0v) is 14.3. The number of rotatable bonds is 9. The van der Waals surface area contributed by atoms with Gasteiger partial charge < -0.3 is 14.3 Å². The van der Waals surface area contributed by atoms with Gasteiger partial charge in [0.2, 0.25) is 0 Å². The number of hydrogen-bond donors (Lipinski definition) is 1. The van der Waals surface area contributed by atoms with Crippen molar-refractivity contribution < 1.29 is 23.5 Å². The molecule has 134 valence electrons. The first-order valence-electron chi connectivity index (χ1n) is 8.17. The van der Waals surface area contributed by atoms with Crippen molar-refractivity contribution in [3.63, 3.8) is 0 Å². The molecule has 1 N–H and O–H groups in total. The minimum atomic E-state index is -0.364. The Balaban J connectivity index is 1.95. The highest BCUT2D eigenvalue weighted by Crippen LogP contribution is 2.25. The maximum absolute atomic E-state index is 12.9. The van der Waals surface area contributed by atoms with Gasteiger partial charge in [-0.05, 0) is 55.0 Å². The molecule has 0 spiro atoms. The lowest BCUT2D eigenvalue weighted by atomic mass is 10.1. The van der Waals surface area contributed by atoms with Crippen molar-refractivity contribution in [2.45, 2.75) is 32.3 Å². The molecule has 0 fully saturated rings. The minimum absolute atomic E-state index is 0.169. The van der Waals surface area contributed by atoms with E-state index in [1.807, 2.05) is 6.92 Å². The summed E-state index contributed by atoms with van der Waals surface area (Å²) in [4.78, 5) is 16.3. The summed E-state index contributed by atoms with van der Waals surface area (Å²) in [6.07, 6.45) is 1.55. The zero-order chi connectivity index (χ0) is 18.1. The summed E-state index contributed by atoms with van der Waals surface area (Å²) in [6, 6.07) is 12.9. The Hall–Kier alpha value is -2.60. The lowest BCUT2D eigenvalue weighted by molar-refractivity contribution is -0.151. The van der Waals surface area contributed by atoms with Crippen molar-refractivity contribution in [2.75, 3.05) is 7.05 Å². The van der Waals surface area contributed by atoms with Crippen molar-refractivity contribution in [1.29, 1.82) is 0 Å². The van der Waals surface area contributed by atoms with E-state index in [9.17, 15) is 9.18 Å². The summed E-state index contributed by atoms with van der Waals surface area (Å²) in [6.45, 7) is 2.03. The van der Waals surface area contributed by atoms with Crippen molar-refractivity contribution in [2.24, 2.45) is 0 Å². The van der Waals surface area contributed by atoms with E-state index in [2.05, 4.69) is 5.48 Å². The molecular formula is C19H22FNO4. The monoisotopic (exact) mass is 347 g/mol. The summed E-state index contributed by atoms with van der Waals surface area (Å²) >= 11 is 0. The Labute approximate surface area is 146 Å². The summed E-state index contributed by atoms with van der Waals surface area (Å²) in [5.41, 5.74) is 2.37. The number of benzene rings is 2. The summed E-state index contributed by atoms with van der Waals surface area (Å²) in [5, 5.41) is 0. The molecule has 1 atom stereocenters. The molecular weight excluding hydrogens is 325 g/mol. The average Bonchev–Trinajstić information content (AvgIpc) is 2.59. The number of carbonyl (C=O) groups is 1. The molecule has 0 saturated heterocycles. The molecule has 0 bridgehead atoms. The normalized spacial score (nSPS) is 11.6. The zero-order valence-electron chi connectivity index (χ0n) is 14.3. The molecule has 0 aromatic heterocycles. The van der Waals surface area contributed by atoms with Crippen molar-refractivity contribution in [3.05, 3.63) is 54.3 Å². The van der Waals surface area contributed by atoms with Crippen LogP contribution in [0, 0.1) is 5.82 Å². The predicted octanol–water partition coefficient (Wildman–Crippen LogP) is 4.23. The number of nitrogens with one attached hydrogen (secondary N) is 1. The van der Waals surface area contributed by atoms with Crippen LogP contribution in [0.1, 0.15) is 26.2 Å².